The number of amides is 2. The smallest absolute Gasteiger partial charge is 0.407 e. The largest absolute Gasteiger partial charge is 0.453 e. The molecule has 0 aromatic rings. The molecule has 2 rings (SSSR count). The second-order valence-electron chi connectivity index (χ2n) is 7.02. The highest BCUT2D eigenvalue weighted by Gasteiger charge is 2.54. The van der Waals surface area contributed by atoms with Crippen LogP contribution in [0.1, 0.15) is 40.5 Å². The van der Waals surface area contributed by atoms with Crippen LogP contribution in [0.4, 0.5) is 4.79 Å². The van der Waals surface area contributed by atoms with Gasteiger partial charge in [-0.25, -0.2) is 4.79 Å². The van der Waals surface area contributed by atoms with E-state index in [1.165, 1.54) is 7.11 Å². The van der Waals surface area contributed by atoms with Crippen molar-refractivity contribution in [3.8, 4) is 0 Å². The van der Waals surface area contributed by atoms with E-state index in [-0.39, 0.29) is 41.5 Å². The maximum atomic E-state index is 13.0. The third-order valence-electron chi connectivity index (χ3n) is 4.83. The lowest BCUT2D eigenvalue weighted by Gasteiger charge is -2.39. The first kappa shape index (κ1) is 16.8. The summed E-state index contributed by atoms with van der Waals surface area (Å²) in [6, 6.07) is -0.901. The zero-order chi connectivity index (χ0) is 16.6. The van der Waals surface area contributed by atoms with Crippen LogP contribution in [-0.4, -0.2) is 47.9 Å². The van der Waals surface area contributed by atoms with Crippen molar-refractivity contribution in [2.24, 2.45) is 17.8 Å². The molecule has 0 radical (unpaired) electrons. The number of piperidine rings is 1. The third kappa shape index (κ3) is 2.83. The van der Waals surface area contributed by atoms with Crippen LogP contribution in [0.5, 0.6) is 0 Å². The molecule has 2 fully saturated rings. The Morgan fingerprint density at radius 1 is 1.27 bits per heavy atom. The molecular weight excluding hydrogens is 284 g/mol. The average Bonchev–Trinajstić information content (AvgIpc) is 2.99. The molecule has 4 atom stereocenters. The fourth-order valence-electron chi connectivity index (χ4n) is 3.89. The molecule has 0 spiro atoms. The molecule has 124 valence electrons. The summed E-state index contributed by atoms with van der Waals surface area (Å²) in [4.78, 5) is 38.3. The van der Waals surface area contributed by atoms with Gasteiger partial charge in [-0.05, 0) is 24.2 Å². The number of likely N-dealkylation sites (tertiary alicyclic amines) is 1. The fourth-order valence-corrected chi connectivity index (χ4v) is 3.89. The number of hydrogen-bond acceptors (Lipinski definition) is 4. The number of Topliss-reactive ketones (excluding diaryl/α,β-unsaturated/α-hetero) is 1. The minimum Gasteiger partial charge on any atom is -0.453 e. The van der Waals surface area contributed by atoms with Crippen LogP contribution >= 0.6 is 0 Å². The van der Waals surface area contributed by atoms with Crippen molar-refractivity contribution in [2.45, 2.75) is 58.7 Å². The van der Waals surface area contributed by atoms with E-state index >= 15 is 0 Å². The number of nitrogens with zero attached hydrogens (tertiary/aromatic N) is 1. The molecule has 2 bridgehead atoms. The number of carbonyl (C=O) groups is 3. The number of ketones is 1. The summed E-state index contributed by atoms with van der Waals surface area (Å²) in [5.41, 5.74) is 0. The molecule has 0 aromatic carbocycles. The number of nitrogens with one attached hydrogen (secondary N) is 1. The predicted molar refractivity (Wildman–Crippen MR) is 81.2 cm³/mol. The molecule has 2 aliphatic rings. The van der Waals surface area contributed by atoms with E-state index in [4.69, 9.17) is 0 Å². The number of rotatable bonds is 4. The second kappa shape index (κ2) is 6.26. The minimum atomic E-state index is -0.666. The number of hydrogen-bond donors (Lipinski definition) is 1. The number of alkyl carbamates (subject to hydrolysis) is 1. The Kier molecular flexibility index (Phi) is 4.78. The molecule has 6 heteroatoms. The Morgan fingerprint density at radius 2 is 1.91 bits per heavy atom. The summed E-state index contributed by atoms with van der Waals surface area (Å²) in [6.45, 7) is 7.90. The van der Waals surface area contributed by atoms with Gasteiger partial charge in [0.05, 0.1) is 13.2 Å². The maximum Gasteiger partial charge on any atom is 0.407 e. The average molecular weight is 310 g/mol. The summed E-state index contributed by atoms with van der Waals surface area (Å²) in [7, 11) is 1.27. The van der Waals surface area contributed by atoms with Crippen molar-refractivity contribution in [3.05, 3.63) is 0 Å². The molecule has 1 aliphatic carbocycles. The van der Waals surface area contributed by atoms with E-state index < -0.39 is 12.1 Å². The SMILES string of the molecule is COC(=O)N[C@H](C(=O)N1[C@H](C(C)C)[C@H]2CC(=O)[C@@H]1C2)C(C)C. The molecule has 1 saturated carbocycles. The molecule has 2 amide bonds. The lowest BCUT2D eigenvalue weighted by molar-refractivity contribution is -0.145. The van der Waals surface area contributed by atoms with E-state index in [0.717, 1.165) is 6.42 Å². The topological polar surface area (TPSA) is 75.7 Å². The standard InChI is InChI=1S/C16H26N2O4/c1-8(2)13(17-16(21)22-5)15(20)18-11-6-10(7-12(11)19)14(18)9(3)4/h8-11,13-14H,6-7H2,1-5H3,(H,17,21)/t10-,11+,13+,14-/m1/s1. The highest BCUT2D eigenvalue weighted by Crippen LogP contribution is 2.43. The van der Waals surface area contributed by atoms with E-state index in [9.17, 15) is 14.4 Å². The van der Waals surface area contributed by atoms with Gasteiger partial charge < -0.3 is 15.0 Å². The molecule has 1 saturated heterocycles. The predicted octanol–water partition coefficient (Wildman–Crippen LogP) is 1.58. The van der Waals surface area contributed by atoms with E-state index in [2.05, 4.69) is 23.9 Å². The molecular formula is C16H26N2O4. The number of fused-ring (bicyclic) bond motifs is 2. The second-order valence-corrected chi connectivity index (χ2v) is 7.02. The molecule has 22 heavy (non-hydrogen) atoms. The summed E-state index contributed by atoms with van der Waals surface area (Å²) in [5.74, 6) is 0.453. The highest BCUT2D eigenvalue weighted by atomic mass is 16.5. The van der Waals surface area contributed by atoms with Crippen molar-refractivity contribution in [3.63, 3.8) is 0 Å². The quantitative estimate of drug-likeness (QED) is 0.855. The molecule has 1 heterocycles. The van der Waals surface area contributed by atoms with Crippen LogP contribution in [0.25, 0.3) is 0 Å². The number of ether oxygens (including phenoxy) is 1. The molecule has 0 aromatic heterocycles. The number of methoxy groups -OCH3 is 1. The van der Waals surface area contributed by atoms with Crippen LogP contribution in [0.15, 0.2) is 0 Å². The minimum absolute atomic E-state index is 0.0753. The van der Waals surface area contributed by atoms with Gasteiger partial charge in [0.1, 0.15) is 6.04 Å². The van der Waals surface area contributed by atoms with Crippen LogP contribution in [0.3, 0.4) is 0 Å². The lowest BCUT2D eigenvalue weighted by atomic mass is 9.88. The van der Waals surface area contributed by atoms with Gasteiger partial charge in [0.15, 0.2) is 5.78 Å². The maximum absolute atomic E-state index is 13.0. The fraction of sp³-hybridized carbons (Fsp3) is 0.812. The van der Waals surface area contributed by atoms with Crippen LogP contribution in [-0.2, 0) is 14.3 Å². The van der Waals surface area contributed by atoms with E-state index in [1.807, 2.05) is 13.8 Å². The number of carbonyl (C=O) groups excluding carboxylic acids is 3. The van der Waals surface area contributed by atoms with Crippen LogP contribution in [0.2, 0.25) is 0 Å². The zero-order valence-electron chi connectivity index (χ0n) is 14.0. The third-order valence-corrected chi connectivity index (χ3v) is 4.83. The zero-order valence-corrected chi connectivity index (χ0v) is 14.0. The van der Waals surface area contributed by atoms with Crippen LogP contribution in [0, 0.1) is 17.8 Å². The first-order valence-electron chi connectivity index (χ1n) is 7.97. The van der Waals surface area contributed by atoms with Gasteiger partial charge in [-0.3, -0.25) is 9.59 Å². The molecule has 6 nitrogen and oxygen atoms in total. The van der Waals surface area contributed by atoms with E-state index in [0.29, 0.717) is 6.42 Å². The van der Waals surface area contributed by atoms with Gasteiger partial charge in [0, 0.05) is 12.5 Å². The molecule has 1 aliphatic heterocycles. The van der Waals surface area contributed by atoms with Crippen molar-refractivity contribution in [1.29, 1.82) is 0 Å². The van der Waals surface area contributed by atoms with Gasteiger partial charge in [0.25, 0.3) is 0 Å². The Labute approximate surface area is 131 Å². The lowest BCUT2D eigenvalue weighted by Crippen LogP contribution is -2.58. The first-order chi connectivity index (χ1) is 10.3. The van der Waals surface area contributed by atoms with Crippen molar-refractivity contribution in [2.75, 3.05) is 7.11 Å². The van der Waals surface area contributed by atoms with Gasteiger partial charge in [-0.2, -0.15) is 0 Å². The van der Waals surface area contributed by atoms with Crippen molar-refractivity contribution < 1.29 is 19.1 Å². The summed E-state index contributed by atoms with van der Waals surface area (Å²) < 4.78 is 4.61. The van der Waals surface area contributed by atoms with E-state index in [1.54, 1.807) is 4.90 Å². The molecule has 0 unspecified atom stereocenters. The highest BCUT2D eigenvalue weighted by molar-refractivity contribution is 5.95. The van der Waals surface area contributed by atoms with Gasteiger partial charge in [0.2, 0.25) is 5.91 Å². The summed E-state index contributed by atoms with van der Waals surface area (Å²) >= 11 is 0. The Morgan fingerprint density at radius 3 is 2.41 bits per heavy atom. The first-order valence-corrected chi connectivity index (χ1v) is 7.97. The van der Waals surface area contributed by atoms with Crippen LogP contribution < -0.4 is 5.32 Å². The summed E-state index contributed by atoms with van der Waals surface area (Å²) in [5, 5.41) is 2.61. The van der Waals surface area contributed by atoms with Crippen molar-refractivity contribution >= 4 is 17.8 Å². The Balaban J connectivity index is 2.24. The van der Waals surface area contributed by atoms with Gasteiger partial charge >= 0.3 is 6.09 Å². The van der Waals surface area contributed by atoms with Gasteiger partial charge in [-0.1, -0.05) is 27.7 Å². The summed E-state index contributed by atoms with van der Waals surface area (Å²) in [6.07, 6.45) is 0.716. The molecule has 1 N–H and O–H groups in total. The van der Waals surface area contributed by atoms with Crippen molar-refractivity contribution in [1.82, 2.24) is 10.2 Å². The Hall–Kier alpha value is -1.59. The monoisotopic (exact) mass is 310 g/mol. The van der Waals surface area contributed by atoms with Gasteiger partial charge in [-0.15, -0.1) is 0 Å². The Bertz CT molecular complexity index is 475. The normalized spacial score (nSPS) is 28.4.